The zero-order valence-electron chi connectivity index (χ0n) is 8.03. The Morgan fingerprint density at radius 2 is 1.86 bits per heavy atom. The minimum atomic E-state index is 0.233. The molecule has 2 rings (SSSR count). The van der Waals surface area contributed by atoms with Crippen molar-refractivity contribution < 1.29 is 10.2 Å². The van der Waals surface area contributed by atoms with Gasteiger partial charge in [-0.05, 0) is 50.0 Å². The fourth-order valence-electron chi connectivity index (χ4n) is 2.00. The van der Waals surface area contributed by atoms with Crippen molar-refractivity contribution in [3.05, 3.63) is 23.8 Å². The van der Waals surface area contributed by atoms with Crippen LogP contribution < -0.4 is 5.32 Å². The zero-order chi connectivity index (χ0) is 9.97. The predicted molar refractivity (Wildman–Crippen MR) is 54.6 cm³/mol. The van der Waals surface area contributed by atoms with E-state index in [2.05, 4.69) is 5.32 Å². The Balaban J connectivity index is 2.24. The number of phenolic OH excluding ortho intramolecular Hbond substituents is 2. The highest BCUT2D eigenvalue weighted by molar-refractivity contribution is 5.41. The second-order valence-corrected chi connectivity index (χ2v) is 3.77. The number of aromatic hydroxyl groups is 2. The lowest BCUT2D eigenvalue weighted by Gasteiger charge is -2.23. The van der Waals surface area contributed by atoms with Crippen molar-refractivity contribution in [1.82, 2.24) is 5.32 Å². The summed E-state index contributed by atoms with van der Waals surface area (Å²) in [7, 11) is 0. The van der Waals surface area contributed by atoms with Crippen molar-refractivity contribution in [2.24, 2.45) is 0 Å². The molecule has 0 radical (unpaired) electrons. The van der Waals surface area contributed by atoms with Crippen molar-refractivity contribution in [1.29, 1.82) is 0 Å². The van der Waals surface area contributed by atoms with Crippen LogP contribution >= 0.6 is 0 Å². The fourth-order valence-corrected chi connectivity index (χ4v) is 2.00. The molecule has 1 saturated heterocycles. The molecule has 1 aromatic carbocycles. The molecule has 0 saturated carbocycles. The first-order chi connectivity index (χ1) is 6.77. The monoisotopic (exact) mass is 193 g/mol. The van der Waals surface area contributed by atoms with Crippen molar-refractivity contribution in [3.8, 4) is 11.5 Å². The molecule has 0 amide bonds. The van der Waals surface area contributed by atoms with E-state index in [1.165, 1.54) is 6.07 Å². The van der Waals surface area contributed by atoms with Gasteiger partial charge in [-0.3, -0.25) is 0 Å². The van der Waals surface area contributed by atoms with Gasteiger partial charge in [-0.15, -0.1) is 0 Å². The van der Waals surface area contributed by atoms with Gasteiger partial charge >= 0.3 is 0 Å². The van der Waals surface area contributed by atoms with Crippen molar-refractivity contribution in [2.45, 2.75) is 18.8 Å². The minimum absolute atomic E-state index is 0.233. The second kappa shape index (κ2) is 3.88. The molecule has 1 aliphatic rings. The summed E-state index contributed by atoms with van der Waals surface area (Å²) in [5, 5.41) is 22.3. The Hall–Kier alpha value is -1.22. The molecule has 0 spiro atoms. The number of rotatable bonds is 1. The van der Waals surface area contributed by atoms with Crippen LogP contribution in [0.5, 0.6) is 11.5 Å². The molecular weight excluding hydrogens is 178 g/mol. The number of piperidine rings is 1. The highest BCUT2D eigenvalue weighted by atomic mass is 16.3. The van der Waals surface area contributed by atoms with Crippen LogP contribution in [0.2, 0.25) is 0 Å². The summed E-state index contributed by atoms with van der Waals surface area (Å²) in [5.74, 6) is 0.911. The van der Waals surface area contributed by atoms with E-state index in [-0.39, 0.29) is 5.75 Å². The quantitative estimate of drug-likeness (QED) is 0.593. The molecule has 0 atom stereocenters. The predicted octanol–water partition coefficient (Wildman–Crippen LogP) is 1.56. The average molecular weight is 193 g/mol. The van der Waals surface area contributed by atoms with Gasteiger partial charge < -0.3 is 15.5 Å². The Morgan fingerprint density at radius 1 is 1.14 bits per heavy atom. The SMILES string of the molecule is Oc1ccc(O)c(C2CCNCC2)c1. The van der Waals surface area contributed by atoms with Gasteiger partial charge in [0.2, 0.25) is 0 Å². The van der Waals surface area contributed by atoms with Gasteiger partial charge in [0.05, 0.1) is 0 Å². The third-order valence-corrected chi connectivity index (χ3v) is 2.79. The van der Waals surface area contributed by atoms with Crippen molar-refractivity contribution >= 4 is 0 Å². The Labute approximate surface area is 83.4 Å². The lowest BCUT2D eigenvalue weighted by atomic mass is 9.89. The highest BCUT2D eigenvalue weighted by Crippen LogP contribution is 2.33. The first kappa shape index (κ1) is 9.34. The highest BCUT2D eigenvalue weighted by Gasteiger charge is 2.18. The molecule has 0 aromatic heterocycles. The summed E-state index contributed by atoms with van der Waals surface area (Å²) in [6.07, 6.45) is 2.05. The molecule has 14 heavy (non-hydrogen) atoms. The van der Waals surface area contributed by atoms with Gasteiger partial charge in [0.15, 0.2) is 0 Å². The van der Waals surface area contributed by atoms with Crippen LogP contribution in [0.1, 0.15) is 24.3 Å². The van der Waals surface area contributed by atoms with E-state index in [1.807, 2.05) is 0 Å². The largest absolute Gasteiger partial charge is 0.508 e. The third kappa shape index (κ3) is 1.82. The molecule has 1 aliphatic heterocycles. The van der Waals surface area contributed by atoms with E-state index in [1.54, 1.807) is 12.1 Å². The van der Waals surface area contributed by atoms with E-state index in [4.69, 9.17) is 0 Å². The first-order valence-corrected chi connectivity index (χ1v) is 5.00. The number of phenols is 2. The smallest absolute Gasteiger partial charge is 0.119 e. The summed E-state index contributed by atoms with van der Waals surface area (Å²) in [5.41, 5.74) is 0.881. The number of benzene rings is 1. The molecule has 0 bridgehead atoms. The van der Waals surface area contributed by atoms with Crippen LogP contribution in [0.4, 0.5) is 0 Å². The van der Waals surface area contributed by atoms with Gasteiger partial charge in [0.1, 0.15) is 11.5 Å². The number of hydrogen-bond donors (Lipinski definition) is 3. The van der Waals surface area contributed by atoms with Crippen LogP contribution in [-0.2, 0) is 0 Å². The van der Waals surface area contributed by atoms with Gasteiger partial charge in [0, 0.05) is 5.56 Å². The van der Waals surface area contributed by atoms with Gasteiger partial charge in [-0.25, -0.2) is 0 Å². The fraction of sp³-hybridized carbons (Fsp3) is 0.455. The molecule has 0 unspecified atom stereocenters. The standard InChI is InChI=1S/C11H15NO2/c13-9-1-2-11(14)10(7-9)8-3-5-12-6-4-8/h1-2,7-8,12-14H,3-6H2. The van der Waals surface area contributed by atoms with E-state index < -0.39 is 0 Å². The molecule has 1 fully saturated rings. The van der Waals surface area contributed by atoms with Crippen LogP contribution in [0.25, 0.3) is 0 Å². The summed E-state index contributed by atoms with van der Waals surface area (Å²) >= 11 is 0. The molecule has 3 N–H and O–H groups in total. The second-order valence-electron chi connectivity index (χ2n) is 3.77. The maximum absolute atomic E-state index is 9.66. The van der Waals surface area contributed by atoms with Crippen LogP contribution in [0, 0.1) is 0 Å². The van der Waals surface area contributed by atoms with Gasteiger partial charge in [-0.1, -0.05) is 0 Å². The van der Waals surface area contributed by atoms with E-state index in [0.29, 0.717) is 11.7 Å². The van der Waals surface area contributed by atoms with E-state index >= 15 is 0 Å². The minimum Gasteiger partial charge on any atom is -0.508 e. The maximum atomic E-state index is 9.66. The summed E-state index contributed by atoms with van der Waals surface area (Å²) < 4.78 is 0. The Kier molecular flexibility index (Phi) is 2.59. The van der Waals surface area contributed by atoms with Crippen LogP contribution in [-0.4, -0.2) is 23.3 Å². The van der Waals surface area contributed by atoms with E-state index in [0.717, 1.165) is 31.5 Å². The zero-order valence-corrected chi connectivity index (χ0v) is 8.03. The van der Waals surface area contributed by atoms with Gasteiger partial charge in [0.25, 0.3) is 0 Å². The maximum Gasteiger partial charge on any atom is 0.119 e. The molecule has 1 aromatic rings. The molecule has 3 heteroatoms. The Bertz CT molecular complexity index is 319. The molecule has 76 valence electrons. The number of hydrogen-bond acceptors (Lipinski definition) is 3. The van der Waals surface area contributed by atoms with Gasteiger partial charge in [-0.2, -0.15) is 0 Å². The summed E-state index contributed by atoms with van der Waals surface area (Å²) in [6.45, 7) is 1.97. The topological polar surface area (TPSA) is 52.5 Å². The Morgan fingerprint density at radius 3 is 2.57 bits per heavy atom. The molecule has 3 nitrogen and oxygen atoms in total. The molecule has 1 heterocycles. The summed E-state index contributed by atoms with van der Waals surface area (Å²) in [4.78, 5) is 0. The summed E-state index contributed by atoms with van der Waals surface area (Å²) in [6, 6.07) is 4.75. The average Bonchev–Trinajstić information content (AvgIpc) is 2.23. The molecular formula is C11H15NO2. The van der Waals surface area contributed by atoms with Crippen molar-refractivity contribution in [2.75, 3.05) is 13.1 Å². The lowest BCUT2D eigenvalue weighted by molar-refractivity contribution is 0.418. The first-order valence-electron chi connectivity index (χ1n) is 5.00. The lowest BCUT2D eigenvalue weighted by Crippen LogP contribution is -2.26. The number of nitrogens with one attached hydrogen (secondary N) is 1. The third-order valence-electron chi connectivity index (χ3n) is 2.79. The van der Waals surface area contributed by atoms with E-state index in [9.17, 15) is 10.2 Å². The molecule has 0 aliphatic carbocycles. The normalized spacial score (nSPS) is 18.3. The van der Waals surface area contributed by atoms with Crippen LogP contribution in [0.3, 0.4) is 0 Å². The van der Waals surface area contributed by atoms with Crippen LogP contribution in [0.15, 0.2) is 18.2 Å². The van der Waals surface area contributed by atoms with Crippen molar-refractivity contribution in [3.63, 3.8) is 0 Å².